The Morgan fingerprint density at radius 2 is 1.72 bits per heavy atom. The first kappa shape index (κ1) is 14.2. The Morgan fingerprint density at radius 3 is 2.17 bits per heavy atom. The first-order chi connectivity index (χ1) is 8.20. The summed E-state index contributed by atoms with van der Waals surface area (Å²) in [4.78, 5) is 22.5. The zero-order valence-corrected chi connectivity index (χ0v) is 11.1. The van der Waals surface area contributed by atoms with Crippen LogP contribution >= 0.6 is 0 Å². The van der Waals surface area contributed by atoms with E-state index in [1.165, 1.54) is 6.07 Å². The average molecular weight is 248 g/mol. The molecule has 0 saturated carbocycles. The minimum Gasteiger partial charge on any atom is -0.366 e. The molecule has 0 aliphatic carbocycles. The molecule has 0 aliphatic rings. The number of hydrogen-bond donors (Lipinski definition) is 2. The second-order valence-corrected chi connectivity index (χ2v) is 5.66. The number of carbonyl (C=O) groups excluding carboxylic acids is 2. The summed E-state index contributed by atoms with van der Waals surface area (Å²) in [6.45, 7) is 6.36. The smallest absolute Gasteiger partial charge is 0.248 e. The lowest BCUT2D eigenvalue weighted by atomic mass is 9.87. The summed E-state index contributed by atoms with van der Waals surface area (Å²) in [6, 6.07) is 4.76. The fraction of sp³-hybridized carbons (Fsp3) is 0.429. The lowest BCUT2D eigenvalue weighted by Crippen LogP contribution is -2.17. The lowest BCUT2D eigenvalue weighted by molar-refractivity contribution is 0.0987. The topological polar surface area (TPSA) is 86.2 Å². The van der Waals surface area contributed by atoms with E-state index in [1.54, 1.807) is 12.1 Å². The van der Waals surface area contributed by atoms with Gasteiger partial charge in [-0.05, 0) is 42.0 Å². The molecule has 0 atom stereocenters. The highest BCUT2D eigenvalue weighted by Crippen LogP contribution is 2.23. The van der Waals surface area contributed by atoms with Crippen molar-refractivity contribution in [2.24, 2.45) is 16.9 Å². The maximum atomic E-state index is 11.3. The quantitative estimate of drug-likeness (QED) is 0.852. The maximum Gasteiger partial charge on any atom is 0.248 e. The van der Waals surface area contributed by atoms with Crippen LogP contribution in [-0.4, -0.2) is 11.8 Å². The highest BCUT2D eigenvalue weighted by molar-refractivity contribution is 5.97. The van der Waals surface area contributed by atoms with Crippen LogP contribution in [0.3, 0.4) is 0 Å². The largest absolute Gasteiger partial charge is 0.366 e. The molecule has 2 amide bonds. The average Bonchev–Trinajstić information content (AvgIpc) is 2.24. The van der Waals surface area contributed by atoms with Crippen molar-refractivity contribution in [2.45, 2.75) is 33.6 Å². The van der Waals surface area contributed by atoms with Crippen molar-refractivity contribution < 1.29 is 9.59 Å². The van der Waals surface area contributed by atoms with Crippen molar-refractivity contribution in [3.63, 3.8) is 0 Å². The van der Waals surface area contributed by atoms with Crippen molar-refractivity contribution >= 4 is 11.8 Å². The fourth-order valence-electron chi connectivity index (χ4n) is 1.70. The first-order valence-corrected chi connectivity index (χ1v) is 5.93. The Morgan fingerprint density at radius 1 is 1.11 bits per heavy atom. The van der Waals surface area contributed by atoms with Crippen LogP contribution in [0.25, 0.3) is 0 Å². The van der Waals surface area contributed by atoms with Crippen LogP contribution in [0.1, 0.15) is 53.5 Å². The Hall–Kier alpha value is -1.84. The van der Waals surface area contributed by atoms with E-state index in [1.807, 2.05) is 0 Å². The SMILES string of the molecule is CC(C)(C)CCc1cc(C(N)=O)ccc1C(N)=O. The van der Waals surface area contributed by atoms with Crippen LogP contribution in [0, 0.1) is 5.41 Å². The van der Waals surface area contributed by atoms with E-state index in [0.29, 0.717) is 17.5 Å². The number of rotatable bonds is 4. The monoisotopic (exact) mass is 248 g/mol. The fourth-order valence-corrected chi connectivity index (χ4v) is 1.70. The zero-order valence-electron chi connectivity index (χ0n) is 11.1. The molecule has 0 unspecified atom stereocenters. The molecule has 1 aromatic carbocycles. The highest BCUT2D eigenvalue weighted by atomic mass is 16.1. The molecule has 4 N–H and O–H groups in total. The number of benzene rings is 1. The molecule has 1 rings (SSSR count). The number of carbonyl (C=O) groups is 2. The van der Waals surface area contributed by atoms with Crippen LogP contribution in [-0.2, 0) is 6.42 Å². The standard InChI is InChI=1S/C14H20N2O2/c1-14(2,3)7-6-9-8-10(12(15)17)4-5-11(9)13(16)18/h4-5,8H,6-7H2,1-3H3,(H2,15,17)(H2,16,18). The Bertz CT molecular complexity index is 473. The van der Waals surface area contributed by atoms with Crippen molar-refractivity contribution in [3.8, 4) is 0 Å². The van der Waals surface area contributed by atoms with Crippen LogP contribution < -0.4 is 11.5 Å². The maximum absolute atomic E-state index is 11.3. The highest BCUT2D eigenvalue weighted by Gasteiger charge is 2.15. The lowest BCUT2D eigenvalue weighted by Gasteiger charge is -2.18. The van der Waals surface area contributed by atoms with Crippen LogP contribution in [0.4, 0.5) is 0 Å². The molecule has 0 saturated heterocycles. The molecule has 1 aromatic rings. The summed E-state index contributed by atoms with van der Waals surface area (Å²) in [5.74, 6) is -0.974. The van der Waals surface area contributed by atoms with Crippen LogP contribution in [0.15, 0.2) is 18.2 Å². The molecule has 0 aromatic heterocycles. The zero-order chi connectivity index (χ0) is 13.9. The van der Waals surface area contributed by atoms with E-state index in [4.69, 9.17) is 11.5 Å². The van der Waals surface area contributed by atoms with Gasteiger partial charge in [-0.2, -0.15) is 0 Å². The summed E-state index contributed by atoms with van der Waals surface area (Å²) in [5.41, 5.74) is 12.4. The van der Waals surface area contributed by atoms with E-state index in [-0.39, 0.29) is 5.41 Å². The van der Waals surface area contributed by atoms with Gasteiger partial charge in [0.15, 0.2) is 0 Å². The molecule has 0 fully saturated rings. The number of primary amides is 2. The van der Waals surface area contributed by atoms with Gasteiger partial charge in [0.25, 0.3) is 0 Å². The third-order valence-corrected chi connectivity index (χ3v) is 2.80. The molecule has 0 heterocycles. The molecule has 0 bridgehead atoms. The second kappa shape index (κ2) is 5.21. The third-order valence-electron chi connectivity index (χ3n) is 2.80. The van der Waals surface area contributed by atoms with E-state index >= 15 is 0 Å². The first-order valence-electron chi connectivity index (χ1n) is 5.93. The predicted octanol–water partition coefficient (Wildman–Crippen LogP) is 1.86. The second-order valence-electron chi connectivity index (χ2n) is 5.66. The van der Waals surface area contributed by atoms with E-state index in [9.17, 15) is 9.59 Å². The predicted molar refractivity (Wildman–Crippen MR) is 71.3 cm³/mol. The number of aryl methyl sites for hydroxylation is 1. The normalized spacial score (nSPS) is 11.3. The minimum atomic E-state index is -0.497. The van der Waals surface area contributed by atoms with Gasteiger partial charge >= 0.3 is 0 Å². The van der Waals surface area contributed by atoms with Gasteiger partial charge in [-0.15, -0.1) is 0 Å². The summed E-state index contributed by atoms with van der Waals surface area (Å²) in [5, 5.41) is 0. The molecular formula is C14H20N2O2. The van der Waals surface area contributed by atoms with Gasteiger partial charge in [0, 0.05) is 11.1 Å². The van der Waals surface area contributed by atoms with Gasteiger partial charge < -0.3 is 11.5 Å². The molecule has 4 heteroatoms. The molecule has 0 spiro atoms. The van der Waals surface area contributed by atoms with Crippen molar-refractivity contribution in [2.75, 3.05) is 0 Å². The number of amides is 2. The van der Waals surface area contributed by atoms with E-state index < -0.39 is 11.8 Å². The Kier molecular flexibility index (Phi) is 4.11. The molecule has 98 valence electrons. The van der Waals surface area contributed by atoms with Gasteiger partial charge in [0.1, 0.15) is 0 Å². The third kappa shape index (κ3) is 3.87. The van der Waals surface area contributed by atoms with E-state index in [0.717, 1.165) is 12.0 Å². The van der Waals surface area contributed by atoms with Gasteiger partial charge in [0.2, 0.25) is 11.8 Å². The molecular weight excluding hydrogens is 228 g/mol. The van der Waals surface area contributed by atoms with E-state index in [2.05, 4.69) is 20.8 Å². The van der Waals surface area contributed by atoms with Crippen LogP contribution in [0.2, 0.25) is 0 Å². The van der Waals surface area contributed by atoms with Gasteiger partial charge in [0.05, 0.1) is 0 Å². The summed E-state index contributed by atoms with van der Waals surface area (Å²) in [6.07, 6.45) is 1.60. The van der Waals surface area contributed by atoms with Gasteiger partial charge in [-0.25, -0.2) is 0 Å². The number of hydrogen-bond acceptors (Lipinski definition) is 2. The molecule has 0 aliphatic heterocycles. The molecule has 4 nitrogen and oxygen atoms in total. The Balaban J connectivity index is 3.08. The molecule has 0 radical (unpaired) electrons. The van der Waals surface area contributed by atoms with Crippen molar-refractivity contribution in [1.29, 1.82) is 0 Å². The summed E-state index contributed by atoms with van der Waals surface area (Å²) in [7, 11) is 0. The van der Waals surface area contributed by atoms with Gasteiger partial charge in [-0.3, -0.25) is 9.59 Å². The number of nitrogens with two attached hydrogens (primary N) is 2. The molecule has 18 heavy (non-hydrogen) atoms. The van der Waals surface area contributed by atoms with Crippen LogP contribution in [0.5, 0.6) is 0 Å². The Labute approximate surface area is 107 Å². The van der Waals surface area contributed by atoms with Gasteiger partial charge in [-0.1, -0.05) is 20.8 Å². The van der Waals surface area contributed by atoms with Crippen molar-refractivity contribution in [3.05, 3.63) is 34.9 Å². The summed E-state index contributed by atoms with van der Waals surface area (Å²) >= 11 is 0. The van der Waals surface area contributed by atoms with Crippen molar-refractivity contribution in [1.82, 2.24) is 0 Å². The summed E-state index contributed by atoms with van der Waals surface area (Å²) < 4.78 is 0. The minimum absolute atomic E-state index is 0.150.